The first-order valence-electron chi connectivity index (χ1n) is 8.45. The molecule has 0 aliphatic carbocycles. The number of alkyl halides is 3. The van der Waals surface area contributed by atoms with Gasteiger partial charge in [-0.05, 0) is 6.07 Å². The van der Waals surface area contributed by atoms with Crippen LogP contribution in [-0.4, -0.2) is 40.6 Å². The number of hydrogen-bond donors (Lipinski definition) is 1. The summed E-state index contributed by atoms with van der Waals surface area (Å²) in [5.74, 6) is -0.937. The van der Waals surface area contributed by atoms with E-state index in [1.165, 1.54) is 24.7 Å². The van der Waals surface area contributed by atoms with E-state index in [0.29, 0.717) is 4.68 Å². The summed E-state index contributed by atoms with van der Waals surface area (Å²) in [6, 6.07) is 1.29. The topological polar surface area (TPSA) is 103 Å². The third-order valence-corrected chi connectivity index (χ3v) is 4.84. The molecule has 0 aliphatic rings. The molecule has 0 aromatic carbocycles. The molecule has 15 heteroatoms. The van der Waals surface area contributed by atoms with E-state index in [-0.39, 0.29) is 32.3 Å². The fourth-order valence-electron chi connectivity index (χ4n) is 2.73. The van der Waals surface area contributed by atoms with Crippen molar-refractivity contribution in [3.05, 3.63) is 69.6 Å². The Morgan fingerprint density at radius 3 is 2.19 bits per heavy atom. The molecule has 164 valence electrons. The minimum absolute atomic E-state index is 0.0387. The number of hydrogen-bond acceptors (Lipinski definition) is 6. The van der Waals surface area contributed by atoms with E-state index in [2.05, 4.69) is 30.6 Å². The van der Waals surface area contributed by atoms with Crippen molar-refractivity contribution in [2.24, 2.45) is 0 Å². The molecule has 0 aliphatic heterocycles. The molecular weight excluding hydrogens is 496 g/mol. The van der Waals surface area contributed by atoms with Gasteiger partial charge in [-0.25, -0.2) is 9.67 Å². The lowest BCUT2D eigenvalue weighted by Crippen LogP contribution is -2.21. The zero-order valence-corrected chi connectivity index (χ0v) is 17.6. The standard InChI is InChI=1S/C17H8Cl3F3N8O/c18-10-3-8(4-25-15(10)31-26-1-2-27-31)29-16(32)9-5-28-30(14(9)17(21,22)23)13-11(19)6-24-7-12(13)20/h1-7H,(H,29,32). The lowest BCUT2D eigenvalue weighted by molar-refractivity contribution is -0.143. The average molecular weight is 504 g/mol. The quantitative estimate of drug-likeness (QED) is 0.441. The molecule has 0 atom stereocenters. The second kappa shape index (κ2) is 8.37. The number of nitrogens with zero attached hydrogens (tertiary/aromatic N) is 7. The third-order valence-electron chi connectivity index (χ3n) is 4.01. The van der Waals surface area contributed by atoms with Gasteiger partial charge in [-0.1, -0.05) is 34.8 Å². The molecular formula is C17H8Cl3F3N8O. The number of halogens is 6. The highest BCUT2D eigenvalue weighted by molar-refractivity contribution is 6.37. The molecule has 4 aromatic rings. The van der Waals surface area contributed by atoms with Crippen LogP contribution in [-0.2, 0) is 6.18 Å². The highest BCUT2D eigenvalue weighted by Gasteiger charge is 2.41. The maximum atomic E-state index is 13.9. The predicted octanol–water partition coefficient (Wildman–Crippen LogP) is 4.47. The fraction of sp³-hybridized carbons (Fsp3) is 0.0588. The van der Waals surface area contributed by atoms with Gasteiger partial charge >= 0.3 is 6.18 Å². The molecule has 1 amide bonds. The summed E-state index contributed by atoms with van der Waals surface area (Å²) < 4.78 is 42.1. The van der Waals surface area contributed by atoms with Crippen LogP contribution in [0.2, 0.25) is 15.1 Å². The number of amides is 1. The summed E-state index contributed by atoms with van der Waals surface area (Å²) in [4.78, 5) is 21.5. The maximum absolute atomic E-state index is 13.9. The molecule has 0 spiro atoms. The van der Waals surface area contributed by atoms with Crippen LogP contribution in [0.15, 0.2) is 43.2 Å². The smallest absolute Gasteiger partial charge is 0.320 e. The molecule has 32 heavy (non-hydrogen) atoms. The van der Waals surface area contributed by atoms with Crippen LogP contribution < -0.4 is 5.32 Å². The first kappa shape index (κ1) is 22.0. The monoisotopic (exact) mass is 502 g/mol. The highest BCUT2D eigenvalue weighted by atomic mass is 35.5. The molecule has 4 heterocycles. The Morgan fingerprint density at radius 1 is 0.938 bits per heavy atom. The zero-order chi connectivity index (χ0) is 23.0. The number of carbonyl (C=O) groups is 1. The Labute approximate surface area is 191 Å². The van der Waals surface area contributed by atoms with Crippen molar-refractivity contribution in [2.75, 3.05) is 5.32 Å². The van der Waals surface area contributed by atoms with Crippen molar-refractivity contribution in [2.45, 2.75) is 6.18 Å². The van der Waals surface area contributed by atoms with E-state index in [1.54, 1.807) is 0 Å². The molecule has 0 saturated carbocycles. The molecule has 4 rings (SSSR count). The highest BCUT2D eigenvalue weighted by Crippen LogP contribution is 2.37. The fourth-order valence-corrected chi connectivity index (χ4v) is 3.50. The third kappa shape index (κ3) is 4.11. The van der Waals surface area contributed by atoms with Crippen LogP contribution in [0.5, 0.6) is 0 Å². The normalized spacial score (nSPS) is 11.6. The van der Waals surface area contributed by atoms with Gasteiger partial charge in [0.05, 0.1) is 51.1 Å². The van der Waals surface area contributed by atoms with Crippen LogP contribution >= 0.6 is 34.8 Å². The molecule has 0 fully saturated rings. The van der Waals surface area contributed by atoms with Crippen molar-refractivity contribution >= 4 is 46.4 Å². The van der Waals surface area contributed by atoms with Crippen LogP contribution in [0.4, 0.5) is 18.9 Å². The predicted molar refractivity (Wildman–Crippen MR) is 108 cm³/mol. The first-order valence-corrected chi connectivity index (χ1v) is 9.58. The van der Waals surface area contributed by atoms with Gasteiger partial charge in [0.25, 0.3) is 5.91 Å². The van der Waals surface area contributed by atoms with Crippen molar-refractivity contribution in [3.8, 4) is 11.5 Å². The largest absolute Gasteiger partial charge is 0.434 e. The van der Waals surface area contributed by atoms with E-state index in [1.807, 2.05) is 0 Å². The molecule has 0 unspecified atom stereocenters. The Hall–Kier alpha value is -3.22. The van der Waals surface area contributed by atoms with E-state index >= 15 is 0 Å². The molecule has 4 aromatic heterocycles. The van der Waals surface area contributed by atoms with Gasteiger partial charge in [-0.3, -0.25) is 9.78 Å². The summed E-state index contributed by atoms with van der Waals surface area (Å²) in [6.45, 7) is 0. The summed E-state index contributed by atoms with van der Waals surface area (Å²) in [5, 5.41) is 13.4. The molecule has 0 radical (unpaired) electrons. The van der Waals surface area contributed by atoms with Crippen molar-refractivity contribution < 1.29 is 18.0 Å². The minimum atomic E-state index is -4.97. The van der Waals surface area contributed by atoms with Crippen molar-refractivity contribution in [1.82, 2.24) is 34.7 Å². The number of pyridine rings is 2. The van der Waals surface area contributed by atoms with Gasteiger partial charge in [0, 0.05) is 12.4 Å². The number of anilines is 1. The molecule has 0 saturated heterocycles. The molecule has 0 bridgehead atoms. The van der Waals surface area contributed by atoms with Crippen LogP contribution in [0.3, 0.4) is 0 Å². The van der Waals surface area contributed by atoms with Gasteiger partial charge in [0.15, 0.2) is 11.5 Å². The number of aromatic nitrogens is 7. The first-order chi connectivity index (χ1) is 15.2. The average Bonchev–Trinajstić information content (AvgIpc) is 3.38. The van der Waals surface area contributed by atoms with Gasteiger partial charge in [0.1, 0.15) is 5.69 Å². The SMILES string of the molecule is O=C(Nc1cnc(-n2nccn2)c(Cl)c1)c1cnn(-c2c(Cl)cncc2Cl)c1C(F)(F)F. The molecule has 9 nitrogen and oxygen atoms in total. The van der Waals surface area contributed by atoms with Gasteiger partial charge in [-0.15, -0.1) is 4.80 Å². The molecule has 1 N–H and O–H groups in total. The van der Waals surface area contributed by atoms with Crippen molar-refractivity contribution in [3.63, 3.8) is 0 Å². The maximum Gasteiger partial charge on any atom is 0.434 e. The van der Waals surface area contributed by atoms with Crippen LogP contribution in [0.25, 0.3) is 11.5 Å². The Kier molecular flexibility index (Phi) is 5.75. The van der Waals surface area contributed by atoms with E-state index in [0.717, 1.165) is 23.4 Å². The van der Waals surface area contributed by atoms with Crippen LogP contribution in [0, 0.1) is 0 Å². The summed E-state index contributed by atoms with van der Waals surface area (Å²) >= 11 is 18.1. The van der Waals surface area contributed by atoms with E-state index in [9.17, 15) is 18.0 Å². The Bertz CT molecular complexity index is 1290. The zero-order valence-electron chi connectivity index (χ0n) is 15.3. The van der Waals surface area contributed by atoms with Gasteiger partial charge in [0.2, 0.25) is 0 Å². The Morgan fingerprint density at radius 2 is 1.59 bits per heavy atom. The van der Waals surface area contributed by atoms with Gasteiger partial charge < -0.3 is 5.32 Å². The number of rotatable bonds is 4. The van der Waals surface area contributed by atoms with Crippen molar-refractivity contribution in [1.29, 1.82) is 0 Å². The number of nitrogens with one attached hydrogen (secondary N) is 1. The van der Waals surface area contributed by atoms with Crippen LogP contribution in [0.1, 0.15) is 16.1 Å². The second-order valence-corrected chi connectivity index (χ2v) is 7.29. The lowest BCUT2D eigenvalue weighted by Gasteiger charge is -2.14. The summed E-state index contributed by atoms with van der Waals surface area (Å²) in [6.07, 6.45) is 2.00. The van der Waals surface area contributed by atoms with E-state index < -0.39 is 23.3 Å². The Balaban J connectivity index is 1.71. The second-order valence-electron chi connectivity index (χ2n) is 6.07. The summed E-state index contributed by atoms with van der Waals surface area (Å²) in [7, 11) is 0. The van der Waals surface area contributed by atoms with Gasteiger partial charge in [-0.2, -0.15) is 28.5 Å². The number of carbonyl (C=O) groups excluding carboxylic acids is 1. The van der Waals surface area contributed by atoms with E-state index in [4.69, 9.17) is 34.8 Å². The lowest BCUT2D eigenvalue weighted by atomic mass is 10.2. The summed E-state index contributed by atoms with van der Waals surface area (Å²) in [5.41, 5.74) is -2.37. The minimum Gasteiger partial charge on any atom is -0.320 e.